The third kappa shape index (κ3) is 1.68. The Morgan fingerprint density at radius 1 is 1.10 bits per heavy atom. The molecular formula is C17H17NO3. The molecule has 2 amide bonds. The highest BCUT2D eigenvalue weighted by molar-refractivity contribution is 6.22. The SMILES string of the molecule is CC1=C2OCC[C@H]2[C@H]2C(=O)N(c3ccccc3)C(=O)[C@H]2C1. The van der Waals surface area contributed by atoms with Gasteiger partial charge in [-0.05, 0) is 37.5 Å². The van der Waals surface area contributed by atoms with Crippen molar-refractivity contribution in [2.75, 3.05) is 11.5 Å². The minimum Gasteiger partial charge on any atom is -0.498 e. The quantitative estimate of drug-likeness (QED) is 0.744. The lowest BCUT2D eigenvalue weighted by Gasteiger charge is -2.27. The van der Waals surface area contributed by atoms with E-state index in [4.69, 9.17) is 4.74 Å². The molecule has 2 saturated heterocycles. The summed E-state index contributed by atoms with van der Waals surface area (Å²) in [4.78, 5) is 26.9. The van der Waals surface area contributed by atoms with Crippen molar-refractivity contribution in [1.29, 1.82) is 0 Å². The van der Waals surface area contributed by atoms with Crippen molar-refractivity contribution in [2.24, 2.45) is 17.8 Å². The monoisotopic (exact) mass is 283 g/mol. The molecule has 2 heterocycles. The molecule has 2 fully saturated rings. The van der Waals surface area contributed by atoms with Crippen LogP contribution in [0.4, 0.5) is 5.69 Å². The molecule has 4 nitrogen and oxygen atoms in total. The van der Waals surface area contributed by atoms with Crippen LogP contribution in [0.25, 0.3) is 0 Å². The lowest BCUT2D eigenvalue weighted by atomic mass is 9.73. The van der Waals surface area contributed by atoms with E-state index in [1.165, 1.54) is 4.90 Å². The topological polar surface area (TPSA) is 46.6 Å². The van der Waals surface area contributed by atoms with Gasteiger partial charge in [-0.15, -0.1) is 0 Å². The average molecular weight is 283 g/mol. The van der Waals surface area contributed by atoms with Gasteiger partial charge in [0.25, 0.3) is 0 Å². The van der Waals surface area contributed by atoms with Gasteiger partial charge in [0, 0.05) is 5.92 Å². The first-order valence-corrected chi connectivity index (χ1v) is 7.44. The highest BCUT2D eigenvalue weighted by Gasteiger charge is 2.55. The number of nitrogens with zero attached hydrogens (tertiary/aromatic N) is 1. The summed E-state index contributed by atoms with van der Waals surface area (Å²) >= 11 is 0. The lowest BCUT2D eigenvalue weighted by Crippen LogP contribution is -2.32. The summed E-state index contributed by atoms with van der Waals surface area (Å²) in [5, 5.41) is 0. The van der Waals surface area contributed by atoms with E-state index < -0.39 is 0 Å². The van der Waals surface area contributed by atoms with Crippen molar-refractivity contribution >= 4 is 17.5 Å². The highest BCUT2D eigenvalue weighted by Crippen LogP contribution is 2.49. The van der Waals surface area contributed by atoms with Crippen molar-refractivity contribution in [2.45, 2.75) is 19.8 Å². The number of amides is 2. The standard InChI is InChI=1S/C17H17NO3/c1-10-9-13-14(12-7-8-21-15(10)12)17(20)18(16(13)19)11-5-3-2-4-6-11/h2-6,12-14H,7-9H2,1H3/t12-,13-,14+/m0/s1. The van der Waals surface area contributed by atoms with Crippen LogP contribution >= 0.6 is 0 Å². The number of ether oxygens (including phenoxy) is 1. The molecule has 0 spiro atoms. The fraction of sp³-hybridized carbons (Fsp3) is 0.412. The Labute approximate surface area is 123 Å². The van der Waals surface area contributed by atoms with E-state index in [-0.39, 0.29) is 29.6 Å². The van der Waals surface area contributed by atoms with Crippen molar-refractivity contribution in [3.8, 4) is 0 Å². The summed E-state index contributed by atoms with van der Waals surface area (Å²) in [6, 6.07) is 9.23. The maximum absolute atomic E-state index is 12.8. The molecule has 21 heavy (non-hydrogen) atoms. The molecule has 0 N–H and O–H groups in total. The number of fused-ring (bicyclic) bond motifs is 3. The second kappa shape index (κ2) is 4.45. The normalized spacial score (nSPS) is 31.3. The van der Waals surface area contributed by atoms with E-state index in [9.17, 15) is 9.59 Å². The molecule has 0 saturated carbocycles. The Hall–Kier alpha value is -2.10. The Morgan fingerprint density at radius 2 is 1.86 bits per heavy atom. The molecule has 4 rings (SSSR count). The average Bonchev–Trinajstić information content (AvgIpc) is 3.05. The molecule has 1 aliphatic carbocycles. The van der Waals surface area contributed by atoms with Gasteiger partial charge in [-0.25, -0.2) is 0 Å². The number of allylic oxidation sites excluding steroid dienone is 2. The minimum absolute atomic E-state index is 0.0542. The maximum atomic E-state index is 12.8. The van der Waals surface area contributed by atoms with Crippen LogP contribution in [0.2, 0.25) is 0 Å². The Balaban J connectivity index is 1.75. The summed E-state index contributed by atoms with van der Waals surface area (Å²) in [6.07, 6.45) is 1.49. The number of hydrogen-bond donors (Lipinski definition) is 0. The number of benzene rings is 1. The Morgan fingerprint density at radius 3 is 2.62 bits per heavy atom. The number of anilines is 1. The fourth-order valence-corrected chi connectivity index (χ4v) is 3.99. The van der Waals surface area contributed by atoms with E-state index >= 15 is 0 Å². The second-order valence-electron chi connectivity index (χ2n) is 6.07. The van der Waals surface area contributed by atoms with Crippen LogP contribution in [0.15, 0.2) is 41.7 Å². The molecule has 1 aromatic carbocycles. The van der Waals surface area contributed by atoms with Crippen molar-refractivity contribution in [3.05, 3.63) is 41.7 Å². The van der Waals surface area contributed by atoms with Crippen molar-refractivity contribution in [1.82, 2.24) is 0 Å². The summed E-state index contributed by atoms with van der Waals surface area (Å²) < 4.78 is 5.70. The Kier molecular flexibility index (Phi) is 2.67. The lowest BCUT2D eigenvalue weighted by molar-refractivity contribution is -0.122. The van der Waals surface area contributed by atoms with E-state index in [2.05, 4.69) is 0 Å². The van der Waals surface area contributed by atoms with Gasteiger partial charge in [-0.2, -0.15) is 0 Å². The first kappa shape index (κ1) is 12.6. The highest BCUT2D eigenvalue weighted by atomic mass is 16.5. The second-order valence-corrected chi connectivity index (χ2v) is 6.07. The van der Waals surface area contributed by atoms with E-state index in [1.54, 1.807) is 0 Å². The number of imide groups is 1. The summed E-state index contributed by atoms with van der Waals surface area (Å²) in [7, 11) is 0. The number of rotatable bonds is 1. The molecule has 0 unspecified atom stereocenters. The minimum atomic E-state index is -0.237. The predicted octanol–water partition coefficient (Wildman–Crippen LogP) is 2.51. The summed E-state index contributed by atoms with van der Waals surface area (Å²) in [6.45, 7) is 2.68. The zero-order chi connectivity index (χ0) is 14.6. The number of hydrogen-bond acceptors (Lipinski definition) is 3. The van der Waals surface area contributed by atoms with Gasteiger partial charge < -0.3 is 4.74 Å². The van der Waals surface area contributed by atoms with Crippen LogP contribution in [0.5, 0.6) is 0 Å². The first-order chi connectivity index (χ1) is 10.2. The van der Waals surface area contributed by atoms with Crippen LogP contribution in [-0.2, 0) is 14.3 Å². The largest absolute Gasteiger partial charge is 0.498 e. The number of carbonyl (C=O) groups is 2. The molecule has 3 atom stereocenters. The van der Waals surface area contributed by atoms with Crippen LogP contribution in [0.1, 0.15) is 19.8 Å². The van der Waals surface area contributed by atoms with E-state index in [0.29, 0.717) is 18.7 Å². The molecule has 0 aromatic heterocycles. The zero-order valence-corrected chi connectivity index (χ0v) is 11.9. The molecule has 1 aromatic rings. The zero-order valence-electron chi connectivity index (χ0n) is 11.9. The van der Waals surface area contributed by atoms with Gasteiger partial charge >= 0.3 is 0 Å². The third-order valence-electron chi connectivity index (χ3n) is 4.89. The third-order valence-corrected chi connectivity index (χ3v) is 4.89. The molecule has 108 valence electrons. The van der Waals surface area contributed by atoms with Gasteiger partial charge in [-0.3, -0.25) is 14.5 Å². The van der Waals surface area contributed by atoms with Crippen LogP contribution < -0.4 is 4.90 Å². The van der Waals surface area contributed by atoms with Gasteiger partial charge in [0.1, 0.15) is 0 Å². The van der Waals surface area contributed by atoms with Crippen molar-refractivity contribution < 1.29 is 14.3 Å². The number of carbonyl (C=O) groups excluding carboxylic acids is 2. The molecule has 0 bridgehead atoms. The molecule has 2 aliphatic heterocycles. The Bertz CT molecular complexity index is 649. The van der Waals surface area contributed by atoms with Gasteiger partial charge in [0.15, 0.2) is 0 Å². The van der Waals surface area contributed by atoms with Gasteiger partial charge in [-0.1, -0.05) is 18.2 Å². The molecular weight excluding hydrogens is 266 g/mol. The maximum Gasteiger partial charge on any atom is 0.238 e. The fourth-order valence-electron chi connectivity index (χ4n) is 3.99. The van der Waals surface area contributed by atoms with Crippen molar-refractivity contribution in [3.63, 3.8) is 0 Å². The van der Waals surface area contributed by atoms with Crippen LogP contribution in [0, 0.1) is 17.8 Å². The predicted molar refractivity (Wildman–Crippen MR) is 77.3 cm³/mol. The summed E-state index contributed by atoms with van der Waals surface area (Å²) in [5.74, 6) is 0.492. The first-order valence-electron chi connectivity index (χ1n) is 7.44. The molecule has 3 aliphatic rings. The van der Waals surface area contributed by atoms with Gasteiger partial charge in [0.2, 0.25) is 11.8 Å². The van der Waals surface area contributed by atoms with Crippen LogP contribution in [0.3, 0.4) is 0 Å². The van der Waals surface area contributed by atoms with E-state index in [1.807, 2.05) is 37.3 Å². The molecule has 0 radical (unpaired) electrons. The van der Waals surface area contributed by atoms with Crippen LogP contribution in [-0.4, -0.2) is 18.4 Å². The molecule has 4 heteroatoms. The van der Waals surface area contributed by atoms with E-state index in [0.717, 1.165) is 17.8 Å². The summed E-state index contributed by atoms with van der Waals surface area (Å²) in [5.41, 5.74) is 1.81. The van der Waals surface area contributed by atoms with Gasteiger partial charge in [0.05, 0.1) is 29.9 Å². The number of para-hydroxylation sites is 1. The smallest absolute Gasteiger partial charge is 0.238 e.